The second-order valence-electron chi connectivity index (χ2n) is 4.09. The van der Waals surface area contributed by atoms with E-state index >= 15 is 0 Å². The number of para-hydroxylation sites is 1. The lowest BCUT2D eigenvalue weighted by atomic mass is 10.0. The van der Waals surface area contributed by atoms with Crippen LogP contribution in [0.2, 0.25) is 0 Å². The monoisotopic (exact) mass is 229 g/mol. The van der Waals surface area contributed by atoms with Gasteiger partial charge in [-0.2, -0.15) is 0 Å². The summed E-state index contributed by atoms with van der Waals surface area (Å²) in [5, 5.41) is 7.63. The number of ether oxygens (including phenoxy) is 1. The SMILES string of the molecule is CC(C)c1ccccc1Oc1ccc(N)nn1. The third-order valence-electron chi connectivity index (χ3n) is 2.42. The van der Waals surface area contributed by atoms with Crippen LogP contribution in [0.25, 0.3) is 0 Å². The zero-order chi connectivity index (χ0) is 12.3. The van der Waals surface area contributed by atoms with E-state index in [2.05, 4.69) is 24.0 Å². The Hall–Kier alpha value is -2.10. The van der Waals surface area contributed by atoms with Crippen LogP contribution in [0.1, 0.15) is 25.3 Å². The Labute approximate surface area is 100 Å². The Balaban J connectivity index is 2.26. The third-order valence-corrected chi connectivity index (χ3v) is 2.42. The first-order valence-corrected chi connectivity index (χ1v) is 5.53. The normalized spacial score (nSPS) is 10.5. The lowest BCUT2D eigenvalue weighted by molar-refractivity contribution is 0.447. The average molecular weight is 229 g/mol. The van der Waals surface area contributed by atoms with Gasteiger partial charge in [-0.05, 0) is 23.6 Å². The Kier molecular flexibility index (Phi) is 3.23. The summed E-state index contributed by atoms with van der Waals surface area (Å²) in [6, 6.07) is 11.3. The lowest BCUT2D eigenvalue weighted by Crippen LogP contribution is -1.97. The molecule has 0 saturated heterocycles. The fraction of sp³-hybridized carbons (Fsp3) is 0.231. The summed E-state index contributed by atoms with van der Waals surface area (Å²) in [5.41, 5.74) is 6.61. The molecular formula is C13H15N3O. The lowest BCUT2D eigenvalue weighted by Gasteiger charge is -2.12. The molecule has 0 amide bonds. The molecule has 2 rings (SSSR count). The van der Waals surface area contributed by atoms with E-state index in [9.17, 15) is 0 Å². The van der Waals surface area contributed by atoms with Crippen molar-refractivity contribution in [3.05, 3.63) is 42.0 Å². The Morgan fingerprint density at radius 3 is 2.47 bits per heavy atom. The first kappa shape index (κ1) is 11.4. The molecule has 1 heterocycles. The van der Waals surface area contributed by atoms with E-state index in [4.69, 9.17) is 10.5 Å². The topological polar surface area (TPSA) is 61.0 Å². The molecule has 1 aromatic heterocycles. The van der Waals surface area contributed by atoms with Gasteiger partial charge >= 0.3 is 0 Å². The van der Waals surface area contributed by atoms with Crippen LogP contribution in [0, 0.1) is 0 Å². The van der Waals surface area contributed by atoms with Gasteiger partial charge < -0.3 is 10.5 Å². The van der Waals surface area contributed by atoms with E-state index in [0.717, 1.165) is 11.3 Å². The Bertz CT molecular complexity index is 494. The summed E-state index contributed by atoms with van der Waals surface area (Å²) < 4.78 is 5.70. The molecule has 0 aliphatic heterocycles. The molecule has 0 saturated carbocycles. The van der Waals surface area contributed by atoms with E-state index in [1.807, 2.05) is 24.3 Å². The molecule has 0 aliphatic rings. The zero-order valence-corrected chi connectivity index (χ0v) is 9.92. The minimum Gasteiger partial charge on any atom is -0.437 e. The Morgan fingerprint density at radius 1 is 1.06 bits per heavy atom. The quantitative estimate of drug-likeness (QED) is 0.878. The Morgan fingerprint density at radius 2 is 1.82 bits per heavy atom. The van der Waals surface area contributed by atoms with Gasteiger partial charge in [-0.15, -0.1) is 10.2 Å². The highest BCUT2D eigenvalue weighted by Crippen LogP contribution is 2.29. The van der Waals surface area contributed by atoms with Crippen molar-refractivity contribution in [2.45, 2.75) is 19.8 Å². The summed E-state index contributed by atoms with van der Waals surface area (Å²) in [5.74, 6) is 2.04. The molecule has 1 aromatic carbocycles. The number of nitrogens with zero attached hydrogens (tertiary/aromatic N) is 2. The number of benzene rings is 1. The summed E-state index contributed by atoms with van der Waals surface area (Å²) >= 11 is 0. The van der Waals surface area contributed by atoms with Gasteiger partial charge in [-0.3, -0.25) is 0 Å². The van der Waals surface area contributed by atoms with Gasteiger partial charge in [0.05, 0.1) is 0 Å². The maximum absolute atomic E-state index is 5.70. The van der Waals surface area contributed by atoms with Crippen molar-refractivity contribution in [3.63, 3.8) is 0 Å². The van der Waals surface area contributed by atoms with E-state index in [1.165, 1.54) is 0 Å². The number of nitrogen functional groups attached to an aromatic ring is 1. The van der Waals surface area contributed by atoms with Gasteiger partial charge in [0.2, 0.25) is 5.88 Å². The van der Waals surface area contributed by atoms with Crippen LogP contribution in [-0.4, -0.2) is 10.2 Å². The highest BCUT2D eigenvalue weighted by atomic mass is 16.5. The predicted molar refractivity (Wildman–Crippen MR) is 67.0 cm³/mol. The largest absolute Gasteiger partial charge is 0.437 e. The van der Waals surface area contributed by atoms with Crippen molar-refractivity contribution in [2.24, 2.45) is 0 Å². The molecule has 17 heavy (non-hydrogen) atoms. The number of aromatic nitrogens is 2. The van der Waals surface area contributed by atoms with Crippen molar-refractivity contribution < 1.29 is 4.74 Å². The van der Waals surface area contributed by atoms with Crippen molar-refractivity contribution in [2.75, 3.05) is 5.73 Å². The smallest absolute Gasteiger partial charge is 0.239 e. The maximum atomic E-state index is 5.70. The molecule has 2 aromatic rings. The number of rotatable bonds is 3. The summed E-state index contributed by atoms with van der Waals surface area (Å²) in [4.78, 5) is 0. The van der Waals surface area contributed by atoms with Crippen LogP contribution in [0.5, 0.6) is 11.6 Å². The number of anilines is 1. The van der Waals surface area contributed by atoms with Gasteiger partial charge in [0.1, 0.15) is 11.6 Å². The van der Waals surface area contributed by atoms with Crippen LogP contribution >= 0.6 is 0 Å². The molecule has 0 unspecified atom stereocenters. The molecular weight excluding hydrogens is 214 g/mol. The average Bonchev–Trinajstić information content (AvgIpc) is 2.32. The van der Waals surface area contributed by atoms with Gasteiger partial charge in [0.15, 0.2) is 0 Å². The third kappa shape index (κ3) is 2.72. The van der Waals surface area contributed by atoms with Gasteiger partial charge in [0.25, 0.3) is 0 Å². The number of hydrogen-bond donors (Lipinski definition) is 1. The molecule has 0 aliphatic carbocycles. The van der Waals surface area contributed by atoms with E-state index in [1.54, 1.807) is 12.1 Å². The summed E-state index contributed by atoms with van der Waals surface area (Å²) in [6.07, 6.45) is 0. The van der Waals surface area contributed by atoms with Gasteiger partial charge in [-0.1, -0.05) is 32.0 Å². The molecule has 0 radical (unpaired) electrons. The van der Waals surface area contributed by atoms with Crippen molar-refractivity contribution in [3.8, 4) is 11.6 Å². The molecule has 2 N–H and O–H groups in total. The fourth-order valence-corrected chi connectivity index (χ4v) is 1.55. The van der Waals surface area contributed by atoms with Crippen LogP contribution in [-0.2, 0) is 0 Å². The number of nitrogens with two attached hydrogens (primary N) is 1. The first-order chi connectivity index (χ1) is 8.16. The minimum atomic E-state index is 0.384. The van der Waals surface area contributed by atoms with Crippen LogP contribution < -0.4 is 10.5 Å². The maximum Gasteiger partial charge on any atom is 0.239 e. The van der Waals surface area contributed by atoms with E-state index in [0.29, 0.717) is 17.6 Å². The summed E-state index contributed by atoms with van der Waals surface area (Å²) in [7, 11) is 0. The molecule has 0 fully saturated rings. The van der Waals surface area contributed by atoms with Gasteiger partial charge in [0, 0.05) is 6.07 Å². The first-order valence-electron chi connectivity index (χ1n) is 5.53. The van der Waals surface area contributed by atoms with E-state index < -0.39 is 0 Å². The van der Waals surface area contributed by atoms with Gasteiger partial charge in [-0.25, -0.2) is 0 Å². The molecule has 88 valence electrons. The van der Waals surface area contributed by atoms with Crippen molar-refractivity contribution >= 4 is 5.82 Å². The second-order valence-corrected chi connectivity index (χ2v) is 4.09. The summed E-state index contributed by atoms with van der Waals surface area (Å²) in [6.45, 7) is 4.24. The molecule has 0 spiro atoms. The highest BCUT2D eigenvalue weighted by molar-refractivity contribution is 5.38. The molecule has 4 heteroatoms. The highest BCUT2D eigenvalue weighted by Gasteiger charge is 2.08. The number of hydrogen-bond acceptors (Lipinski definition) is 4. The van der Waals surface area contributed by atoms with E-state index in [-0.39, 0.29) is 0 Å². The predicted octanol–water partition coefficient (Wildman–Crippen LogP) is 2.97. The molecule has 0 atom stereocenters. The fourth-order valence-electron chi connectivity index (χ4n) is 1.55. The van der Waals surface area contributed by atoms with Crippen LogP contribution in [0.3, 0.4) is 0 Å². The zero-order valence-electron chi connectivity index (χ0n) is 9.92. The van der Waals surface area contributed by atoms with Crippen LogP contribution in [0.15, 0.2) is 36.4 Å². The van der Waals surface area contributed by atoms with Crippen molar-refractivity contribution in [1.82, 2.24) is 10.2 Å². The second kappa shape index (κ2) is 4.82. The molecule has 0 bridgehead atoms. The van der Waals surface area contributed by atoms with Crippen LogP contribution in [0.4, 0.5) is 5.82 Å². The van der Waals surface area contributed by atoms with Crippen molar-refractivity contribution in [1.29, 1.82) is 0 Å². The minimum absolute atomic E-state index is 0.384. The standard InChI is InChI=1S/C13H15N3O/c1-9(2)10-5-3-4-6-11(10)17-13-8-7-12(14)15-16-13/h3-9H,1-2H3,(H2,14,15). The molecule has 4 nitrogen and oxygen atoms in total.